The molecule has 0 saturated carbocycles. The number of nitrogens with zero attached hydrogens (tertiary/aromatic N) is 2. The minimum Gasteiger partial charge on any atom is -0.467 e. The van der Waals surface area contributed by atoms with Crippen molar-refractivity contribution in [3.63, 3.8) is 0 Å². The van der Waals surface area contributed by atoms with E-state index in [9.17, 15) is 9.59 Å². The molecule has 6 nitrogen and oxygen atoms in total. The van der Waals surface area contributed by atoms with Crippen molar-refractivity contribution in [3.05, 3.63) is 66.1 Å². The van der Waals surface area contributed by atoms with E-state index in [1.807, 2.05) is 30.4 Å². The van der Waals surface area contributed by atoms with Gasteiger partial charge in [-0.2, -0.15) is 0 Å². The second-order valence-electron chi connectivity index (χ2n) is 8.84. The Hall–Kier alpha value is -2.86. The minimum atomic E-state index is -0.718. The van der Waals surface area contributed by atoms with Crippen molar-refractivity contribution in [3.8, 4) is 0 Å². The Morgan fingerprint density at radius 1 is 1.27 bits per heavy atom. The molecule has 0 aliphatic carbocycles. The molecular weight excluding hydrogens is 380 g/mol. The number of anilines is 1. The molecule has 4 heterocycles. The predicted molar refractivity (Wildman–Crippen MR) is 112 cm³/mol. The first kappa shape index (κ1) is 19.1. The first-order chi connectivity index (χ1) is 14.4. The SMILES string of the molecule is CC(C)c1ccc(N2C[C@]34C=C[C@H](O3)[C@H](C(=O)N(C)Cc3ccco3)[C@H]4C2=O)cc1. The van der Waals surface area contributed by atoms with E-state index in [2.05, 4.69) is 26.0 Å². The Labute approximate surface area is 176 Å². The highest BCUT2D eigenvalue weighted by molar-refractivity contribution is 6.03. The zero-order valence-electron chi connectivity index (χ0n) is 17.4. The Morgan fingerprint density at radius 3 is 2.70 bits per heavy atom. The van der Waals surface area contributed by atoms with Gasteiger partial charge in [0.15, 0.2) is 0 Å². The van der Waals surface area contributed by atoms with Gasteiger partial charge in [0, 0.05) is 12.7 Å². The first-order valence-corrected chi connectivity index (χ1v) is 10.5. The lowest BCUT2D eigenvalue weighted by atomic mass is 9.76. The Morgan fingerprint density at radius 2 is 2.03 bits per heavy atom. The van der Waals surface area contributed by atoms with Gasteiger partial charge in [-0.3, -0.25) is 9.59 Å². The van der Waals surface area contributed by atoms with Crippen LogP contribution in [0, 0.1) is 11.8 Å². The molecule has 0 unspecified atom stereocenters. The molecule has 2 amide bonds. The van der Waals surface area contributed by atoms with E-state index in [4.69, 9.17) is 9.15 Å². The summed E-state index contributed by atoms with van der Waals surface area (Å²) in [5.74, 6) is 0.0118. The number of hydrogen-bond acceptors (Lipinski definition) is 4. The van der Waals surface area contributed by atoms with Crippen molar-refractivity contribution in [2.45, 2.75) is 38.0 Å². The number of rotatable bonds is 5. The molecule has 0 N–H and O–H groups in total. The van der Waals surface area contributed by atoms with Gasteiger partial charge in [-0.15, -0.1) is 0 Å². The third kappa shape index (κ3) is 2.82. The second kappa shape index (κ2) is 6.84. The normalized spacial score (nSPS) is 29.1. The van der Waals surface area contributed by atoms with Crippen LogP contribution in [0.4, 0.5) is 5.69 Å². The summed E-state index contributed by atoms with van der Waals surface area (Å²) >= 11 is 0. The van der Waals surface area contributed by atoms with Crippen LogP contribution in [0.3, 0.4) is 0 Å². The van der Waals surface area contributed by atoms with Gasteiger partial charge >= 0.3 is 0 Å². The summed E-state index contributed by atoms with van der Waals surface area (Å²) in [7, 11) is 1.75. The molecule has 2 aromatic rings. The van der Waals surface area contributed by atoms with Crippen LogP contribution in [0.1, 0.15) is 31.1 Å². The van der Waals surface area contributed by atoms with Crippen molar-refractivity contribution in [1.29, 1.82) is 0 Å². The summed E-state index contributed by atoms with van der Waals surface area (Å²) in [6, 6.07) is 11.7. The van der Waals surface area contributed by atoms with Gasteiger partial charge in [-0.1, -0.05) is 38.1 Å². The molecule has 30 heavy (non-hydrogen) atoms. The molecule has 6 heteroatoms. The highest BCUT2D eigenvalue weighted by Crippen LogP contribution is 2.53. The molecule has 156 valence electrons. The summed E-state index contributed by atoms with van der Waals surface area (Å²) in [5.41, 5.74) is 1.36. The van der Waals surface area contributed by atoms with Gasteiger partial charge < -0.3 is 19.0 Å². The Kier molecular flexibility index (Phi) is 4.36. The molecule has 1 aromatic heterocycles. The second-order valence-corrected chi connectivity index (χ2v) is 8.84. The quantitative estimate of drug-likeness (QED) is 0.715. The van der Waals surface area contributed by atoms with Crippen molar-refractivity contribution in [2.24, 2.45) is 11.8 Å². The van der Waals surface area contributed by atoms with Gasteiger partial charge in [0.25, 0.3) is 0 Å². The standard InChI is InChI=1S/C24H26N2O4/c1-15(2)16-6-8-17(9-7-16)26-14-24-11-10-19(30-24)20(21(24)23(26)28)22(27)25(3)13-18-5-4-12-29-18/h4-12,15,19-21H,13-14H2,1-3H3/t19-,20-,21-,24-/m0/s1. The average molecular weight is 406 g/mol. The minimum absolute atomic E-state index is 0.0381. The molecule has 3 aliphatic heterocycles. The lowest BCUT2D eigenvalue weighted by molar-refractivity contribution is -0.139. The van der Waals surface area contributed by atoms with Crippen LogP contribution in [0.2, 0.25) is 0 Å². The Bertz CT molecular complexity index is 995. The van der Waals surface area contributed by atoms with Crippen LogP contribution >= 0.6 is 0 Å². The number of hydrogen-bond donors (Lipinski definition) is 0. The van der Waals surface area contributed by atoms with E-state index in [0.29, 0.717) is 24.8 Å². The monoisotopic (exact) mass is 406 g/mol. The summed E-state index contributed by atoms with van der Waals surface area (Å²) in [6.07, 6.45) is 5.17. The lowest BCUT2D eigenvalue weighted by Gasteiger charge is -2.27. The molecule has 1 aromatic carbocycles. The number of amides is 2. The van der Waals surface area contributed by atoms with E-state index >= 15 is 0 Å². The smallest absolute Gasteiger partial charge is 0.234 e. The summed E-state index contributed by atoms with van der Waals surface area (Å²) in [4.78, 5) is 30.2. The fourth-order valence-corrected chi connectivity index (χ4v) is 5.01. The van der Waals surface area contributed by atoms with E-state index < -0.39 is 17.4 Å². The number of fused-ring (bicyclic) bond motifs is 1. The van der Waals surface area contributed by atoms with Crippen LogP contribution in [-0.4, -0.2) is 42.0 Å². The summed E-state index contributed by atoms with van der Waals surface area (Å²) < 4.78 is 11.6. The highest BCUT2D eigenvalue weighted by Gasteiger charge is 2.67. The van der Waals surface area contributed by atoms with E-state index in [0.717, 1.165) is 5.69 Å². The predicted octanol–water partition coefficient (Wildman–Crippen LogP) is 3.35. The molecule has 3 aliphatic rings. The molecule has 2 saturated heterocycles. The number of furan rings is 1. The molecule has 2 bridgehead atoms. The lowest BCUT2D eigenvalue weighted by Crippen LogP contribution is -2.44. The van der Waals surface area contributed by atoms with Crippen molar-refractivity contribution in [2.75, 3.05) is 18.5 Å². The molecule has 0 radical (unpaired) electrons. The van der Waals surface area contributed by atoms with Crippen LogP contribution in [0.25, 0.3) is 0 Å². The van der Waals surface area contributed by atoms with Crippen LogP contribution < -0.4 is 4.90 Å². The van der Waals surface area contributed by atoms with Gasteiger partial charge in [-0.25, -0.2) is 0 Å². The maximum absolute atomic E-state index is 13.5. The Balaban J connectivity index is 1.40. The molecule has 4 atom stereocenters. The number of carbonyl (C=O) groups excluding carboxylic acids is 2. The van der Waals surface area contributed by atoms with Crippen molar-refractivity contribution >= 4 is 17.5 Å². The number of carbonyl (C=O) groups is 2. The maximum Gasteiger partial charge on any atom is 0.234 e. The first-order valence-electron chi connectivity index (χ1n) is 10.5. The number of ether oxygens (including phenoxy) is 1. The zero-order chi connectivity index (χ0) is 21.0. The van der Waals surface area contributed by atoms with Gasteiger partial charge in [0.05, 0.1) is 37.3 Å². The van der Waals surface area contributed by atoms with Crippen molar-refractivity contribution in [1.82, 2.24) is 4.90 Å². The van der Waals surface area contributed by atoms with Crippen LogP contribution in [0.5, 0.6) is 0 Å². The maximum atomic E-state index is 13.5. The van der Waals surface area contributed by atoms with E-state index in [1.54, 1.807) is 29.2 Å². The molecule has 2 fully saturated rings. The van der Waals surface area contributed by atoms with Crippen LogP contribution in [-0.2, 0) is 20.9 Å². The van der Waals surface area contributed by atoms with Gasteiger partial charge in [0.2, 0.25) is 11.8 Å². The fraction of sp³-hybridized carbons (Fsp3) is 0.417. The van der Waals surface area contributed by atoms with Crippen molar-refractivity contribution < 1.29 is 18.7 Å². The largest absolute Gasteiger partial charge is 0.467 e. The van der Waals surface area contributed by atoms with Crippen LogP contribution in [0.15, 0.2) is 59.2 Å². The third-order valence-electron chi connectivity index (χ3n) is 6.61. The molecular formula is C24H26N2O4. The summed E-state index contributed by atoms with van der Waals surface area (Å²) in [5, 5.41) is 0. The average Bonchev–Trinajstić information content (AvgIpc) is 3.50. The molecule has 5 rings (SSSR count). The third-order valence-corrected chi connectivity index (χ3v) is 6.61. The summed E-state index contributed by atoms with van der Waals surface area (Å²) in [6.45, 7) is 5.10. The van der Waals surface area contributed by atoms with Gasteiger partial charge in [0.1, 0.15) is 11.4 Å². The highest BCUT2D eigenvalue weighted by atomic mass is 16.5. The fourth-order valence-electron chi connectivity index (χ4n) is 5.01. The zero-order valence-corrected chi connectivity index (χ0v) is 17.4. The number of benzene rings is 1. The van der Waals surface area contributed by atoms with E-state index in [-0.39, 0.29) is 17.9 Å². The van der Waals surface area contributed by atoms with E-state index in [1.165, 1.54) is 5.56 Å². The molecule has 1 spiro atoms. The van der Waals surface area contributed by atoms with Gasteiger partial charge in [-0.05, 0) is 35.7 Å². The topological polar surface area (TPSA) is 63.0 Å².